The number of halogens is 1. The third kappa shape index (κ3) is 5.75. The summed E-state index contributed by atoms with van der Waals surface area (Å²) in [5.74, 6) is 1.39. The Labute approximate surface area is 221 Å². The van der Waals surface area contributed by atoms with Crippen LogP contribution in [0.1, 0.15) is 47.4 Å². The Balaban J connectivity index is 1.37. The van der Waals surface area contributed by atoms with E-state index in [9.17, 15) is 9.59 Å². The Morgan fingerprint density at radius 3 is 2.68 bits per heavy atom. The van der Waals surface area contributed by atoms with Gasteiger partial charge in [-0.2, -0.15) is 0 Å². The number of fused-ring (bicyclic) bond motifs is 1. The van der Waals surface area contributed by atoms with Gasteiger partial charge in [-0.25, -0.2) is 4.98 Å². The molecule has 8 nitrogen and oxygen atoms in total. The first-order valence-electron chi connectivity index (χ1n) is 12.9. The molecule has 37 heavy (non-hydrogen) atoms. The number of carbonyl (C=O) groups is 2. The number of rotatable bonds is 6. The van der Waals surface area contributed by atoms with Gasteiger partial charge in [0.05, 0.1) is 30.6 Å². The molecule has 2 fully saturated rings. The molecule has 1 atom stereocenters. The average Bonchev–Trinajstić information content (AvgIpc) is 3.29. The summed E-state index contributed by atoms with van der Waals surface area (Å²) in [5, 5.41) is 0.664. The van der Waals surface area contributed by atoms with E-state index >= 15 is 0 Å². The number of morpholine rings is 1. The minimum atomic E-state index is -0.954. The van der Waals surface area contributed by atoms with Crippen LogP contribution in [0.25, 0.3) is 11.0 Å². The van der Waals surface area contributed by atoms with E-state index in [1.54, 1.807) is 17.0 Å². The van der Waals surface area contributed by atoms with Crippen molar-refractivity contribution >= 4 is 34.4 Å². The number of aryl methyl sites for hydroxylation is 2. The molecule has 0 radical (unpaired) electrons. The highest BCUT2D eigenvalue weighted by atomic mass is 35.5. The molecule has 2 aromatic carbocycles. The minimum absolute atomic E-state index is 0.0410. The summed E-state index contributed by atoms with van der Waals surface area (Å²) < 4.78 is 12.4. The predicted octanol–water partition coefficient (Wildman–Crippen LogP) is 4.53. The Hall–Kier alpha value is -3.10. The van der Waals surface area contributed by atoms with Crippen LogP contribution >= 0.6 is 11.6 Å². The maximum absolute atomic E-state index is 13.6. The van der Waals surface area contributed by atoms with Crippen LogP contribution in [0, 0.1) is 13.8 Å². The Kier molecular flexibility index (Phi) is 7.40. The van der Waals surface area contributed by atoms with Gasteiger partial charge in [-0.1, -0.05) is 11.6 Å². The van der Waals surface area contributed by atoms with Crippen LogP contribution < -0.4 is 4.74 Å². The fourth-order valence-corrected chi connectivity index (χ4v) is 5.29. The molecule has 5 rings (SSSR count). The number of hydrogen-bond acceptors (Lipinski definition) is 5. The van der Waals surface area contributed by atoms with Crippen LogP contribution in [0.5, 0.6) is 5.75 Å². The lowest BCUT2D eigenvalue weighted by molar-refractivity contribution is -0.153. The molecule has 2 aliphatic heterocycles. The standard InChI is InChI=1S/C28H33ClN4O4/c1-19-14-22(7-8-23(19)29)36-18-28(16-26(34)32-10-4-3-5-11-32)17-33(12-13-37-28)27(35)21-6-9-24-25(15-21)31-20(2)30-24/h6-9,14-15H,3-5,10-13,16-18H2,1-2H3,(H,30,31)/t28-/m1/s1. The number of hydrogen-bond donors (Lipinski definition) is 1. The molecular weight excluding hydrogens is 492 g/mol. The van der Waals surface area contributed by atoms with E-state index in [2.05, 4.69) is 9.97 Å². The molecule has 1 aromatic heterocycles. The highest BCUT2D eigenvalue weighted by molar-refractivity contribution is 6.31. The zero-order valence-corrected chi connectivity index (χ0v) is 22.1. The molecule has 3 heterocycles. The average molecular weight is 525 g/mol. The van der Waals surface area contributed by atoms with Crippen LogP contribution in [0.3, 0.4) is 0 Å². The summed E-state index contributed by atoms with van der Waals surface area (Å²) in [4.78, 5) is 38.2. The molecule has 0 spiro atoms. The van der Waals surface area contributed by atoms with Crippen LogP contribution in [-0.2, 0) is 9.53 Å². The molecule has 2 saturated heterocycles. The number of likely N-dealkylation sites (tertiary alicyclic amines) is 1. The van der Waals surface area contributed by atoms with Crippen molar-refractivity contribution in [2.45, 2.75) is 45.1 Å². The Morgan fingerprint density at radius 2 is 1.89 bits per heavy atom. The molecule has 196 valence electrons. The fraction of sp³-hybridized carbons (Fsp3) is 0.464. The summed E-state index contributed by atoms with van der Waals surface area (Å²) in [5.41, 5.74) is 2.17. The number of ether oxygens (including phenoxy) is 2. The SMILES string of the molecule is Cc1nc2ccc(C(=O)N3CCO[C@](COc4ccc(Cl)c(C)c4)(CC(=O)N4CCCCC4)C3)cc2[nH]1. The van der Waals surface area contributed by atoms with Gasteiger partial charge in [-0.05, 0) is 75.1 Å². The summed E-state index contributed by atoms with van der Waals surface area (Å²) in [7, 11) is 0. The summed E-state index contributed by atoms with van der Waals surface area (Å²) in [6, 6.07) is 11.0. The van der Waals surface area contributed by atoms with Crippen molar-refractivity contribution < 1.29 is 19.1 Å². The maximum atomic E-state index is 13.6. The number of piperidine rings is 1. The van der Waals surface area contributed by atoms with Crippen LogP contribution in [-0.4, -0.2) is 76.6 Å². The quantitative estimate of drug-likeness (QED) is 0.512. The summed E-state index contributed by atoms with van der Waals surface area (Å²) in [6.45, 7) is 6.51. The van der Waals surface area contributed by atoms with Gasteiger partial charge in [0.25, 0.3) is 5.91 Å². The third-order valence-corrected chi connectivity index (χ3v) is 7.62. The molecule has 0 aliphatic carbocycles. The van der Waals surface area contributed by atoms with Crippen molar-refractivity contribution in [3.63, 3.8) is 0 Å². The van der Waals surface area contributed by atoms with Gasteiger partial charge in [0.1, 0.15) is 23.8 Å². The van der Waals surface area contributed by atoms with Gasteiger partial charge in [-0.15, -0.1) is 0 Å². The van der Waals surface area contributed by atoms with Crippen LogP contribution in [0.4, 0.5) is 0 Å². The van der Waals surface area contributed by atoms with Crippen molar-refractivity contribution in [3.05, 3.63) is 58.4 Å². The van der Waals surface area contributed by atoms with Gasteiger partial charge >= 0.3 is 0 Å². The second-order valence-corrected chi connectivity index (χ2v) is 10.5. The Morgan fingerprint density at radius 1 is 1.08 bits per heavy atom. The highest BCUT2D eigenvalue weighted by Gasteiger charge is 2.42. The number of carbonyl (C=O) groups excluding carboxylic acids is 2. The van der Waals surface area contributed by atoms with E-state index in [4.69, 9.17) is 21.1 Å². The summed E-state index contributed by atoms with van der Waals surface area (Å²) >= 11 is 6.18. The number of nitrogens with one attached hydrogen (secondary N) is 1. The third-order valence-electron chi connectivity index (χ3n) is 7.20. The number of H-pyrrole nitrogens is 1. The van der Waals surface area contributed by atoms with Gasteiger partial charge in [0.15, 0.2) is 0 Å². The number of aromatic nitrogens is 2. The number of imidazole rings is 1. The monoisotopic (exact) mass is 524 g/mol. The van der Waals surface area contributed by atoms with E-state index in [1.807, 2.05) is 43.0 Å². The van der Waals surface area contributed by atoms with Crippen LogP contribution in [0.15, 0.2) is 36.4 Å². The number of aromatic amines is 1. The van der Waals surface area contributed by atoms with Crippen molar-refractivity contribution in [2.75, 3.05) is 39.4 Å². The van der Waals surface area contributed by atoms with Gasteiger partial charge in [0, 0.05) is 30.2 Å². The fourth-order valence-electron chi connectivity index (χ4n) is 5.17. The van der Waals surface area contributed by atoms with Gasteiger partial charge in [0.2, 0.25) is 5.91 Å². The summed E-state index contributed by atoms with van der Waals surface area (Å²) in [6.07, 6.45) is 3.33. The smallest absolute Gasteiger partial charge is 0.254 e. The first kappa shape index (κ1) is 25.5. The maximum Gasteiger partial charge on any atom is 0.254 e. The number of amides is 2. The molecule has 2 aliphatic rings. The van der Waals surface area contributed by atoms with Gasteiger partial charge < -0.3 is 24.3 Å². The highest BCUT2D eigenvalue weighted by Crippen LogP contribution is 2.29. The lowest BCUT2D eigenvalue weighted by atomic mass is 9.95. The van der Waals surface area contributed by atoms with E-state index < -0.39 is 5.60 Å². The minimum Gasteiger partial charge on any atom is -0.490 e. The molecule has 0 bridgehead atoms. The second-order valence-electron chi connectivity index (χ2n) is 10.1. The lowest BCUT2D eigenvalue weighted by Gasteiger charge is -2.43. The normalized spacial score (nSPS) is 20.3. The Bertz CT molecular complexity index is 1300. The molecule has 0 unspecified atom stereocenters. The van der Waals surface area contributed by atoms with Crippen molar-refractivity contribution in [1.29, 1.82) is 0 Å². The molecular formula is C28H33ClN4O4. The number of nitrogens with zero attached hydrogens (tertiary/aromatic N) is 3. The van der Waals surface area contributed by atoms with Crippen molar-refractivity contribution in [3.8, 4) is 5.75 Å². The van der Waals surface area contributed by atoms with Crippen molar-refractivity contribution in [2.24, 2.45) is 0 Å². The van der Waals surface area contributed by atoms with Crippen LogP contribution in [0.2, 0.25) is 5.02 Å². The molecule has 1 N–H and O–H groups in total. The molecule has 3 aromatic rings. The largest absolute Gasteiger partial charge is 0.490 e. The van der Waals surface area contributed by atoms with E-state index in [0.717, 1.165) is 54.8 Å². The van der Waals surface area contributed by atoms with Crippen molar-refractivity contribution in [1.82, 2.24) is 19.8 Å². The molecule has 0 saturated carbocycles. The zero-order chi connectivity index (χ0) is 26.0. The zero-order valence-electron chi connectivity index (χ0n) is 21.4. The van der Waals surface area contributed by atoms with Gasteiger partial charge in [-0.3, -0.25) is 9.59 Å². The molecule has 2 amide bonds. The molecule has 9 heteroatoms. The predicted molar refractivity (Wildman–Crippen MR) is 142 cm³/mol. The number of benzene rings is 2. The topological polar surface area (TPSA) is 87.8 Å². The lowest BCUT2D eigenvalue weighted by Crippen LogP contribution is -2.58. The second kappa shape index (κ2) is 10.7. The van der Waals surface area contributed by atoms with E-state index in [1.165, 1.54) is 0 Å². The van der Waals surface area contributed by atoms with E-state index in [0.29, 0.717) is 29.5 Å². The van der Waals surface area contributed by atoms with E-state index in [-0.39, 0.29) is 31.4 Å². The first-order chi connectivity index (χ1) is 17.8. The first-order valence-corrected chi connectivity index (χ1v) is 13.3.